The largest absolute Gasteiger partial charge is 0.370 e. The van der Waals surface area contributed by atoms with Crippen LogP contribution in [0.15, 0.2) is 27.7 Å². The average Bonchev–Trinajstić information content (AvgIpc) is 2.82. The molecular weight excluding hydrogens is 347 g/mol. The number of hydrogen-bond donors (Lipinski definition) is 2. The molecule has 24 heavy (non-hydrogen) atoms. The van der Waals surface area contributed by atoms with Gasteiger partial charge in [-0.05, 0) is 51.3 Å². The first-order chi connectivity index (χ1) is 11.4. The van der Waals surface area contributed by atoms with Crippen molar-refractivity contribution in [3.63, 3.8) is 0 Å². The SMILES string of the molecule is Cc1noc(C)c1CCCN=C(N)NC(C)c1ccc(Cl)cc1Cl. The summed E-state index contributed by atoms with van der Waals surface area (Å²) in [6.07, 6.45) is 1.75. The summed E-state index contributed by atoms with van der Waals surface area (Å²) < 4.78 is 5.15. The van der Waals surface area contributed by atoms with Crippen LogP contribution in [0.5, 0.6) is 0 Å². The van der Waals surface area contributed by atoms with Gasteiger partial charge in [0, 0.05) is 22.2 Å². The van der Waals surface area contributed by atoms with Crippen LogP contribution in [0, 0.1) is 13.8 Å². The van der Waals surface area contributed by atoms with E-state index in [9.17, 15) is 0 Å². The van der Waals surface area contributed by atoms with Crippen LogP contribution < -0.4 is 11.1 Å². The number of nitrogens with one attached hydrogen (secondary N) is 1. The van der Waals surface area contributed by atoms with Crippen molar-refractivity contribution in [2.24, 2.45) is 10.7 Å². The molecule has 0 aliphatic carbocycles. The van der Waals surface area contributed by atoms with E-state index in [0.717, 1.165) is 35.4 Å². The number of aromatic nitrogens is 1. The molecule has 0 amide bonds. The number of benzene rings is 1. The third-order valence-electron chi connectivity index (χ3n) is 3.84. The molecule has 7 heteroatoms. The van der Waals surface area contributed by atoms with Gasteiger partial charge in [-0.3, -0.25) is 4.99 Å². The van der Waals surface area contributed by atoms with Crippen LogP contribution in [-0.4, -0.2) is 17.7 Å². The molecule has 0 aliphatic heterocycles. The topological polar surface area (TPSA) is 76.4 Å². The molecule has 0 spiro atoms. The van der Waals surface area contributed by atoms with Gasteiger partial charge < -0.3 is 15.6 Å². The molecule has 130 valence electrons. The van der Waals surface area contributed by atoms with Crippen LogP contribution in [0.2, 0.25) is 10.0 Å². The van der Waals surface area contributed by atoms with E-state index < -0.39 is 0 Å². The molecule has 2 aromatic rings. The highest BCUT2D eigenvalue weighted by Gasteiger charge is 2.11. The molecule has 1 heterocycles. The Morgan fingerprint density at radius 1 is 1.38 bits per heavy atom. The Morgan fingerprint density at radius 2 is 2.12 bits per heavy atom. The number of aliphatic imine (C=N–C) groups is 1. The van der Waals surface area contributed by atoms with Crippen molar-refractivity contribution in [3.05, 3.63) is 50.8 Å². The molecule has 1 aromatic carbocycles. The highest BCUT2D eigenvalue weighted by molar-refractivity contribution is 6.35. The van der Waals surface area contributed by atoms with Gasteiger partial charge in [-0.15, -0.1) is 0 Å². The van der Waals surface area contributed by atoms with Gasteiger partial charge >= 0.3 is 0 Å². The predicted molar refractivity (Wildman–Crippen MR) is 98.8 cm³/mol. The third kappa shape index (κ3) is 4.89. The molecule has 1 unspecified atom stereocenters. The van der Waals surface area contributed by atoms with Gasteiger partial charge in [0.15, 0.2) is 5.96 Å². The molecule has 0 radical (unpaired) electrons. The molecule has 0 aliphatic rings. The fourth-order valence-electron chi connectivity index (χ4n) is 2.51. The number of halogens is 2. The summed E-state index contributed by atoms with van der Waals surface area (Å²) in [5.41, 5.74) is 8.97. The van der Waals surface area contributed by atoms with Crippen molar-refractivity contribution >= 4 is 29.2 Å². The van der Waals surface area contributed by atoms with Crippen LogP contribution in [0.1, 0.15) is 42.0 Å². The number of aryl methyl sites for hydroxylation is 2. The summed E-state index contributed by atoms with van der Waals surface area (Å²) in [6, 6.07) is 5.35. The zero-order valence-corrected chi connectivity index (χ0v) is 15.6. The molecule has 0 fully saturated rings. The van der Waals surface area contributed by atoms with Crippen LogP contribution in [0.25, 0.3) is 0 Å². The highest BCUT2D eigenvalue weighted by atomic mass is 35.5. The third-order valence-corrected chi connectivity index (χ3v) is 4.40. The van der Waals surface area contributed by atoms with E-state index in [0.29, 0.717) is 22.5 Å². The monoisotopic (exact) mass is 368 g/mol. The lowest BCUT2D eigenvalue weighted by Gasteiger charge is -2.16. The van der Waals surface area contributed by atoms with Crippen molar-refractivity contribution < 1.29 is 4.52 Å². The number of nitrogens with zero attached hydrogens (tertiary/aromatic N) is 2. The molecule has 0 saturated heterocycles. The zero-order chi connectivity index (χ0) is 17.7. The predicted octanol–water partition coefficient (Wildman–Crippen LogP) is 4.20. The Hall–Kier alpha value is -1.72. The lowest BCUT2D eigenvalue weighted by Crippen LogP contribution is -2.34. The van der Waals surface area contributed by atoms with Crippen LogP contribution >= 0.6 is 23.2 Å². The van der Waals surface area contributed by atoms with E-state index in [2.05, 4.69) is 15.5 Å². The van der Waals surface area contributed by atoms with Gasteiger partial charge in [0.2, 0.25) is 0 Å². The van der Waals surface area contributed by atoms with E-state index in [4.69, 9.17) is 33.5 Å². The highest BCUT2D eigenvalue weighted by Crippen LogP contribution is 2.25. The standard InChI is InChI=1S/C17H22Cl2N4O/c1-10(15-7-6-13(18)9-16(15)19)22-17(20)21-8-4-5-14-11(2)23-24-12(14)3/h6-7,9-10H,4-5,8H2,1-3H3,(H3,20,21,22). The lowest BCUT2D eigenvalue weighted by molar-refractivity contribution is 0.392. The van der Waals surface area contributed by atoms with Crippen LogP contribution in [0.4, 0.5) is 0 Å². The minimum absolute atomic E-state index is 0.0546. The quantitative estimate of drug-likeness (QED) is 0.455. The fourth-order valence-corrected chi connectivity index (χ4v) is 3.08. The van der Waals surface area contributed by atoms with Crippen LogP contribution in [-0.2, 0) is 6.42 Å². The summed E-state index contributed by atoms with van der Waals surface area (Å²) >= 11 is 12.1. The minimum atomic E-state index is -0.0546. The summed E-state index contributed by atoms with van der Waals surface area (Å²) in [7, 11) is 0. The second kappa shape index (κ2) is 8.40. The van der Waals surface area contributed by atoms with Crippen molar-refractivity contribution in [1.29, 1.82) is 0 Å². The van der Waals surface area contributed by atoms with Crippen molar-refractivity contribution in [2.75, 3.05) is 6.54 Å². The number of hydrogen-bond acceptors (Lipinski definition) is 3. The Bertz CT molecular complexity index is 708. The molecule has 1 atom stereocenters. The van der Waals surface area contributed by atoms with E-state index in [1.54, 1.807) is 12.1 Å². The summed E-state index contributed by atoms with van der Waals surface area (Å²) in [4.78, 5) is 4.36. The number of nitrogens with two attached hydrogens (primary N) is 1. The lowest BCUT2D eigenvalue weighted by atomic mass is 10.1. The maximum atomic E-state index is 6.20. The van der Waals surface area contributed by atoms with E-state index in [-0.39, 0.29) is 6.04 Å². The first-order valence-corrected chi connectivity index (χ1v) is 8.57. The van der Waals surface area contributed by atoms with E-state index >= 15 is 0 Å². The van der Waals surface area contributed by atoms with Gasteiger partial charge in [0.05, 0.1) is 11.7 Å². The maximum Gasteiger partial charge on any atom is 0.189 e. The van der Waals surface area contributed by atoms with Gasteiger partial charge in [-0.2, -0.15) is 0 Å². The molecule has 1 aromatic heterocycles. The van der Waals surface area contributed by atoms with Crippen molar-refractivity contribution in [2.45, 2.75) is 39.7 Å². The van der Waals surface area contributed by atoms with Gasteiger partial charge in [-0.25, -0.2) is 0 Å². The summed E-state index contributed by atoms with van der Waals surface area (Å²) in [5, 5.41) is 8.30. The molecule has 0 bridgehead atoms. The molecular formula is C17H22Cl2N4O. The Labute approximate surface area is 152 Å². The van der Waals surface area contributed by atoms with Gasteiger partial charge in [0.25, 0.3) is 0 Å². The minimum Gasteiger partial charge on any atom is -0.370 e. The Balaban J connectivity index is 1.85. The normalized spacial score (nSPS) is 13.1. The van der Waals surface area contributed by atoms with Gasteiger partial charge in [0.1, 0.15) is 5.76 Å². The molecule has 5 nitrogen and oxygen atoms in total. The first kappa shape index (κ1) is 18.6. The number of rotatable bonds is 6. The molecule has 0 saturated carbocycles. The maximum absolute atomic E-state index is 6.20. The number of guanidine groups is 1. The van der Waals surface area contributed by atoms with Crippen molar-refractivity contribution in [1.82, 2.24) is 10.5 Å². The van der Waals surface area contributed by atoms with E-state index in [1.807, 2.05) is 26.8 Å². The second-order valence-electron chi connectivity index (χ2n) is 5.71. The van der Waals surface area contributed by atoms with Crippen molar-refractivity contribution in [3.8, 4) is 0 Å². The Morgan fingerprint density at radius 3 is 2.75 bits per heavy atom. The fraction of sp³-hybridized carbons (Fsp3) is 0.412. The van der Waals surface area contributed by atoms with E-state index in [1.165, 1.54) is 0 Å². The molecule has 3 N–H and O–H groups in total. The smallest absolute Gasteiger partial charge is 0.189 e. The summed E-state index contributed by atoms with van der Waals surface area (Å²) in [5.74, 6) is 1.26. The average molecular weight is 369 g/mol. The zero-order valence-electron chi connectivity index (χ0n) is 14.1. The first-order valence-electron chi connectivity index (χ1n) is 7.81. The van der Waals surface area contributed by atoms with Crippen LogP contribution in [0.3, 0.4) is 0 Å². The second-order valence-corrected chi connectivity index (χ2v) is 6.55. The summed E-state index contributed by atoms with van der Waals surface area (Å²) in [6.45, 7) is 6.47. The van der Waals surface area contributed by atoms with Gasteiger partial charge in [-0.1, -0.05) is 34.4 Å². The molecule has 2 rings (SSSR count). The Kier molecular flexibility index (Phi) is 6.52.